The van der Waals surface area contributed by atoms with Gasteiger partial charge in [0, 0.05) is 10.9 Å². The van der Waals surface area contributed by atoms with Gasteiger partial charge in [-0.1, -0.05) is 36.4 Å². The molecule has 0 aliphatic carbocycles. The lowest BCUT2D eigenvalue weighted by atomic mass is 10.3. The predicted octanol–water partition coefficient (Wildman–Crippen LogP) is 2.97. The summed E-state index contributed by atoms with van der Waals surface area (Å²) < 4.78 is 26.8. The third-order valence-corrected chi connectivity index (χ3v) is 4.21. The fourth-order valence-corrected chi connectivity index (χ4v) is 2.96. The van der Waals surface area contributed by atoms with E-state index >= 15 is 0 Å². The Labute approximate surface area is 111 Å². The average Bonchev–Trinajstić information content (AvgIpc) is 2.81. The van der Waals surface area contributed by atoms with E-state index in [-0.39, 0.29) is 4.90 Å². The fraction of sp³-hybridized carbons (Fsp3) is 0. The van der Waals surface area contributed by atoms with E-state index in [1.54, 1.807) is 36.4 Å². The molecule has 0 spiro atoms. The highest BCUT2D eigenvalue weighted by Crippen LogP contribution is 2.20. The zero-order valence-electron chi connectivity index (χ0n) is 10.00. The van der Waals surface area contributed by atoms with Crippen LogP contribution in [0.2, 0.25) is 0 Å². The molecule has 0 aliphatic rings. The van der Waals surface area contributed by atoms with Crippen LogP contribution in [0.25, 0.3) is 10.9 Å². The Morgan fingerprint density at radius 2 is 1.58 bits per heavy atom. The Morgan fingerprint density at radius 3 is 2.32 bits per heavy atom. The molecule has 3 rings (SSSR count). The van der Waals surface area contributed by atoms with Crippen LogP contribution in [0, 0.1) is 0 Å². The van der Waals surface area contributed by atoms with Gasteiger partial charge in [0.15, 0.2) is 0 Å². The quantitative estimate of drug-likeness (QED) is 0.770. The molecule has 0 bridgehead atoms. The van der Waals surface area contributed by atoms with Gasteiger partial charge in [0.25, 0.3) is 10.0 Å². The van der Waals surface area contributed by atoms with E-state index < -0.39 is 10.0 Å². The third-order valence-electron chi connectivity index (χ3n) is 2.83. The number of sulfonamides is 1. The highest BCUT2D eigenvalue weighted by molar-refractivity contribution is 7.92. The van der Waals surface area contributed by atoms with E-state index in [0.29, 0.717) is 5.82 Å². The van der Waals surface area contributed by atoms with Crippen LogP contribution in [0.5, 0.6) is 0 Å². The summed E-state index contributed by atoms with van der Waals surface area (Å²) in [5.74, 6) is 0.463. The third kappa shape index (κ3) is 2.32. The minimum atomic E-state index is -3.54. The summed E-state index contributed by atoms with van der Waals surface area (Å²) in [6.07, 6.45) is 0. The highest BCUT2D eigenvalue weighted by atomic mass is 32.2. The molecule has 0 saturated carbocycles. The van der Waals surface area contributed by atoms with Crippen molar-refractivity contribution in [1.29, 1.82) is 0 Å². The van der Waals surface area contributed by atoms with Crippen LogP contribution in [0.3, 0.4) is 0 Å². The van der Waals surface area contributed by atoms with E-state index in [2.05, 4.69) is 9.71 Å². The number of aromatic amines is 1. The average molecular weight is 272 g/mol. The molecule has 0 fully saturated rings. The number of nitrogens with one attached hydrogen (secondary N) is 2. The van der Waals surface area contributed by atoms with Crippen molar-refractivity contribution < 1.29 is 8.42 Å². The monoisotopic (exact) mass is 272 g/mol. The molecule has 4 nitrogen and oxygen atoms in total. The summed E-state index contributed by atoms with van der Waals surface area (Å²) in [6.45, 7) is 0. The first-order valence-electron chi connectivity index (χ1n) is 5.81. The van der Waals surface area contributed by atoms with Crippen molar-refractivity contribution in [2.75, 3.05) is 4.72 Å². The van der Waals surface area contributed by atoms with Crippen molar-refractivity contribution in [2.45, 2.75) is 4.90 Å². The van der Waals surface area contributed by atoms with E-state index in [4.69, 9.17) is 0 Å². The lowest BCUT2D eigenvalue weighted by molar-refractivity contribution is 0.601. The zero-order valence-corrected chi connectivity index (χ0v) is 10.8. The molecular formula is C14H12N2O2S. The minimum Gasteiger partial charge on any atom is -0.341 e. The topological polar surface area (TPSA) is 62.0 Å². The van der Waals surface area contributed by atoms with Crippen LogP contribution in [0.1, 0.15) is 0 Å². The molecule has 5 heteroatoms. The van der Waals surface area contributed by atoms with Gasteiger partial charge in [0.2, 0.25) is 0 Å². The second-order valence-electron chi connectivity index (χ2n) is 4.19. The van der Waals surface area contributed by atoms with Gasteiger partial charge in [-0.05, 0) is 24.3 Å². The SMILES string of the molecule is O=S(=O)(Nc1cc2ccccc2[nH]1)c1ccccc1. The number of fused-ring (bicyclic) bond motifs is 1. The van der Waals surface area contributed by atoms with Crippen molar-refractivity contribution in [1.82, 2.24) is 4.98 Å². The molecule has 1 aromatic heterocycles. The summed E-state index contributed by atoms with van der Waals surface area (Å²) >= 11 is 0. The summed E-state index contributed by atoms with van der Waals surface area (Å²) in [4.78, 5) is 3.28. The number of aromatic nitrogens is 1. The summed E-state index contributed by atoms with van der Waals surface area (Å²) in [5, 5.41) is 0.966. The second kappa shape index (κ2) is 4.44. The Hall–Kier alpha value is -2.27. The van der Waals surface area contributed by atoms with Gasteiger partial charge in [-0.2, -0.15) is 0 Å². The molecule has 0 aliphatic heterocycles. The number of anilines is 1. The van der Waals surface area contributed by atoms with E-state index in [0.717, 1.165) is 10.9 Å². The van der Waals surface area contributed by atoms with Crippen molar-refractivity contribution >= 4 is 26.7 Å². The predicted molar refractivity (Wildman–Crippen MR) is 75.5 cm³/mol. The fourth-order valence-electron chi connectivity index (χ4n) is 1.93. The Morgan fingerprint density at radius 1 is 0.895 bits per heavy atom. The molecule has 0 saturated heterocycles. The minimum absolute atomic E-state index is 0.244. The smallest absolute Gasteiger partial charge is 0.262 e. The lowest BCUT2D eigenvalue weighted by Gasteiger charge is -2.05. The van der Waals surface area contributed by atoms with Gasteiger partial charge in [-0.15, -0.1) is 0 Å². The van der Waals surface area contributed by atoms with Gasteiger partial charge < -0.3 is 4.98 Å². The van der Waals surface area contributed by atoms with Crippen LogP contribution in [-0.4, -0.2) is 13.4 Å². The standard InChI is InChI=1S/C14H12N2O2S/c17-19(18,12-7-2-1-3-8-12)16-14-10-11-6-4-5-9-13(11)15-14/h1-10,15-16H. The number of para-hydroxylation sites is 1. The number of hydrogen-bond acceptors (Lipinski definition) is 2. The Bertz CT molecular complexity index is 775. The van der Waals surface area contributed by atoms with Crippen LogP contribution >= 0.6 is 0 Å². The van der Waals surface area contributed by atoms with Gasteiger partial charge in [-0.25, -0.2) is 8.42 Å². The molecule has 0 amide bonds. The maximum absolute atomic E-state index is 12.1. The summed E-state index contributed by atoms with van der Waals surface area (Å²) in [6, 6.07) is 17.7. The maximum Gasteiger partial charge on any atom is 0.262 e. The van der Waals surface area contributed by atoms with E-state index in [1.165, 1.54) is 0 Å². The molecule has 2 N–H and O–H groups in total. The number of benzene rings is 2. The van der Waals surface area contributed by atoms with Crippen molar-refractivity contribution in [3.05, 3.63) is 60.7 Å². The van der Waals surface area contributed by atoms with Gasteiger partial charge in [0.05, 0.1) is 4.90 Å². The molecule has 0 unspecified atom stereocenters. The second-order valence-corrected chi connectivity index (χ2v) is 5.87. The number of hydrogen-bond donors (Lipinski definition) is 2. The normalized spacial score (nSPS) is 11.6. The first-order valence-corrected chi connectivity index (χ1v) is 7.29. The van der Waals surface area contributed by atoms with Crippen LogP contribution in [0.15, 0.2) is 65.6 Å². The number of H-pyrrole nitrogens is 1. The van der Waals surface area contributed by atoms with Crippen molar-refractivity contribution in [3.8, 4) is 0 Å². The van der Waals surface area contributed by atoms with E-state index in [1.807, 2.05) is 24.3 Å². The molecular weight excluding hydrogens is 260 g/mol. The Kier molecular flexibility index (Phi) is 2.76. The molecule has 0 atom stereocenters. The summed E-state index contributed by atoms with van der Waals surface area (Å²) in [7, 11) is -3.54. The van der Waals surface area contributed by atoms with Crippen LogP contribution in [0.4, 0.5) is 5.82 Å². The molecule has 2 aromatic carbocycles. The first-order chi connectivity index (χ1) is 9.15. The maximum atomic E-state index is 12.1. The van der Waals surface area contributed by atoms with E-state index in [9.17, 15) is 8.42 Å². The Balaban J connectivity index is 1.97. The highest BCUT2D eigenvalue weighted by Gasteiger charge is 2.14. The van der Waals surface area contributed by atoms with Crippen molar-refractivity contribution in [3.63, 3.8) is 0 Å². The number of rotatable bonds is 3. The molecule has 96 valence electrons. The molecule has 1 heterocycles. The van der Waals surface area contributed by atoms with Crippen molar-refractivity contribution in [2.24, 2.45) is 0 Å². The molecule has 19 heavy (non-hydrogen) atoms. The van der Waals surface area contributed by atoms with Crippen LogP contribution < -0.4 is 4.72 Å². The largest absolute Gasteiger partial charge is 0.341 e. The lowest BCUT2D eigenvalue weighted by Crippen LogP contribution is -2.12. The van der Waals surface area contributed by atoms with Gasteiger partial charge >= 0.3 is 0 Å². The van der Waals surface area contributed by atoms with Crippen LogP contribution in [-0.2, 0) is 10.0 Å². The zero-order chi connectivity index (χ0) is 13.3. The molecule has 0 radical (unpaired) electrons. The van der Waals surface area contributed by atoms with Gasteiger partial charge in [-0.3, -0.25) is 4.72 Å². The molecule has 3 aromatic rings. The van der Waals surface area contributed by atoms with Gasteiger partial charge in [0.1, 0.15) is 5.82 Å². The first kappa shape index (κ1) is 11.8. The summed E-state index contributed by atoms with van der Waals surface area (Å²) in [5.41, 5.74) is 0.897.